The van der Waals surface area contributed by atoms with Crippen LogP contribution in [0.2, 0.25) is 0 Å². The molecule has 2 fully saturated rings. The SMILES string of the molecule is C=C(C)N1Cc2[nH]nc(C(=O)N3C[C@@H]4CN(c5ccccc5C(F)(F)F)C[C@@H]4C3)c2C1. The molecule has 31 heavy (non-hydrogen) atoms. The Hall–Kier alpha value is -2.97. The van der Waals surface area contributed by atoms with E-state index in [-0.39, 0.29) is 23.4 Å². The van der Waals surface area contributed by atoms with Crippen molar-refractivity contribution >= 4 is 11.6 Å². The standard InChI is InChI=1S/C22H24F3N5O/c1-13(2)28-11-16-18(12-28)26-27-20(16)21(31)30-9-14-7-29(8-15(14)10-30)19-6-4-3-5-17(19)22(23,24)25/h3-6,14-15H,1,7-12H2,2H3,(H,26,27)/t14-,15+. The molecule has 1 aromatic carbocycles. The predicted octanol–water partition coefficient (Wildman–Crippen LogP) is 3.49. The first-order valence-corrected chi connectivity index (χ1v) is 10.4. The fourth-order valence-corrected chi connectivity index (χ4v) is 5.08. The number of para-hydroxylation sites is 1. The van der Waals surface area contributed by atoms with Gasteiger partial charge >= 0.3 is 6.18 Å². The lowest BCUT2D eigenvalue weighted by atomic mass is 10.0. The number of allylic oxidation sites excluding steroid dienone is 1. The van der Waals surface area contributed by atoms with Crippen LogP contribution in [0.5, 0.6) is 0 Å². The number of carbonyl (C=O) groups excluding carboxylic acids is 1. The number of aromatic nitrogens is 2. The molecule has 2 saturated heterocycles. The van der Waals surface area contributed by atoms with Gasteiger partial charge in [0.1, 0.15) is 0 Å². The van der Waals surface area contributed by atoms with Crippen LogP contribution in [0.4, 0.5) is 18.9 Å². The molecule has 6 nitrogen and oxygen atoms in total. The summed E-state index contributed by atoms with van der Waals surface area (Å²) in [4.78, 5) is 18.9. The Kier molecular flexibility index (Phi) is 4.53. The van der Waals surface area contributed by atoms with Gasteiger partial charge in [-0.2, -0.15) is 18.3 Å². The molecular weight excluding hydrogens is 407 g/mol. The summed E-state index contributed by atoms with van der Waals surface area (Å²) in [6.07, 6.45) is -4.38. The Morgan fingerprint density at radius 2 is 1.77 bits per heavy atom. The van der Waals surface area contributed by atoms with Crippen LogP contribution in [-0.4, -0.2) is 52.1 Å². The van der Waals surface area contributed by atoms with Crippen molar-refractivity contribution in [2.45, 2.75) is 26.2 Å². The van der Waals surface area contributed by atoms with Gasteiger partial charge in [0.15, 0.2) is 5.69 Å². The van der Waals surface area contributed by atoms with E-state index in [2.05, 4.69) is 21.7 Å². The molecule has 9 heteroatoms. The Balaban J connectivity index is 1.28. The number of fused-ring (bicyclic) bond motifs is 2. The first kappa shape index (κ1) is 20.0. The maximum atomic E-state index is 13.4. The second-order valence-electron chi connectivity index (χ2n) is 8.77. The van der Waals surface area contributed by atoms with E-state index in [1.165, 1.54) is 12.1 Å². The van der Waals surface area contributed by atoms with E-state index in [4.69, 9.17) is 0 Å². The Morgan fingerprint density at radius 1 is 1.10 bits per heavy atom. The number of halogens is 3. The number of hydrogen-bond acceptors (Lipinski definition) is 4. The van der Waals surface area contributed by atoms with Crippen molar-refractivity contribution in [3.05, 3.63) is 59.1 Å². The topological polar surface area (TPSA) is 55.5 Å². The van der Waals surface area contributed by atoms with Crippen molar-refractivity contribution in [2.24, 2.45) is 11.8 Å². The zero-order valence-corrected chi connectivity index (χ0v) is 17.2. The smallest absolute Gasteiger partial charge is 0.370 e. The highest BCUT2D eigenvalue weighted by molar-refractivity contribution is 5.94. The highest BCUT2D eigenvalue weighted by atomic mass is 19.4. The zero-order chi connectivity index (χ0) is 21.9. The molecule has 3 aliphatic heterocycles. The van der Waals surface area contributed by atoms with Crippen LogP contribution in [0.25, 0.3) is 0 Å². The molecule has 0 radical (unpaired) electrons. The second-order valence-corrected chi connectivity index (χ2v) is 8.77. The van der Waals surface area contributed by atoms with E-state index in [1.807, 2.05) is 16.7 Å². The van der Waals surface area contributed by atoms with Gasteiger partial charge in [0.05, 0.1) is 17.8 Å². The number of aromatic amines is 1. The minimum atomic E-state index is -4.38. The lowest BCUT2D eigenvalue weighted by molar-refractivity contribution is -0.137. The molecule has 0 aliphatic carbocycles. The van der Waals surface area contributed by atoms with Gasteiger partial charge < -0.3 is 14.7 Å². The van der Waals surface area contributed by atoms with Crippen LogP contribution in [0.3, 0.4) is 0 Å². The van der Waals surface area contributed by atoms with Gasteiger partial charge in [-0.3, -0.25) is 9.89 Å². The first-order valence-electron chi connectivity index (χ1n) is 10.4. The number of rotatable bonds is 3. The third-order valence-electron chi connectivity index (χ3n) is 6.72. The van der Waals surface area contributed by atoms with Gasteiger partial charge in [0.25, 0.3) is 5.91 Å². The van der Waals surface area contributed by atoms with E-state index >= 15 is 0 Å². The summed E-state index contributed by atoms with van der Waals surface area (Å²) in [6.45, 7) is 9.31. The number of nitrogens with one attached hydrogen (secondary N) is 1. The van der Waals surface area contributed by atoms with Crippen molar-refractivity contribution < 1.29 is 18.0 Å². The van der Waals surface area contributed by atoms with Gasteiger partial charge in [-0.05, 0) is 19.1 Å². The highest BCUT2D eigenvalue weighted by Crippen LogP contribution is 2.41. The Labute approximate surface area is 178 Å². The van der Waals surface area contributed by atoms with Gasteiger partial charge in [0, 0.05) is 61.5 Å². The number of benzene rings is 1. The zero-order valence-electron chi connectivity index (χ0n) is 17.2. The summed E-state index contributed by atoms with van der Waals surface area (Å²) in [6, 6.07) is 5.72. The third-order valence-corrected chi connectivity index (χ3v) is 6.72. The maximum absolute atomic E-state index is 13.4. The maximum Gasteiger partial charge on any atom is 0.418 e. The monoisotopic (exact) mass is 431 g/mol. The Bertz CT molecular complexity index is 1030. The van der Waals surface area contributed by atoms with E-state index in [0.717, 1.165) is 23.0 Å². The molecule has 1 aromatic heterocycles. The number of alkyl halides is 3. The molecule has 164 valence electrons. The van der Waals surface area contributed by atoms with E-state index in [1.54, 1.807) is 6.07 Å². The molecule has 3 aliphatic rings. The predicted molar refractivity (Wildman–Crippen MR) is 109 cm³/mol. The average Bonchev–Trinajstić information content (AvgIpc) is 3.45. The molecule has 0 bridgehead atoms. The number of nitrogens with zero attached hydrogens (tertiary/aromatic N) is 4. The van der Waals surface area contributed by atoms with Gasteiger partial charge in [-0.1, -0.05) is 18.7 Å². The van der Waals surface area contributed by atoms with Crippen LogP contribution in [0.1, 0.15) is 34.2 Å². The third kappa shape index (κ3) is 3.36. The minimum Gasteiger partial charge on any atom is -0.370 e. The summed E-state index contributed by atoms with van der Waals surface area (Å²) in [5, 5.41) is 7.24. The van der Waals surface area contributed by atoms with E-state index < -0.39 is 11.7 Å². The summed E-state index contributed by atoms with van der Waals surface area (Å²) in [5.41, 5.74) is 2.90. The molecule has 4 heterocycles. The quantitative estimate of drug-likeness (QED) is 0.809. The molecule has 1 N–H and O–H groups in total. The van der Waals surface area contributed by atoms with E-state index in [0.29, 0.717) is 45.0 Å². The van der Waals surface area contributed by atoms with Gasteiger partial charge in [0.2, 0.25) is 0 Å². The summed E-state index contributed by atoms with van der Waals surface area (Å²) in [5.74, 6) is 0.214. The normalized spacial score (nSPS) is 22.8. The number of amides is 1. The van der Waals surface area contributed by atoms with Gasteiger partial charge in [-0.25, -0.2) is 0 Å². The highest BCUT2D eigenvalue weighted by Gasteiger charge is 2.45. The van der Waals surface area contributed by atoms with Crippen molar-refractivity contribution in [1.82, 2.24) is 20.0 Å². The first-order chi connectivity index (χ1) is 14.7. The van der Waals surface area contributed by atoms with Crippen molar-refractivity contribution in [2.75, 3.05) is 31.1 Å². The Morgan fingerprint density at radius 3 is 2.42 bits per heavy atom. The number of H-pyrrole nitrogens is 1. The molecule has 2 aromatic rings. The lowest BCUT2D eigenvalue weighted by Gasteiger charge is -2.25. The number of carbonyl (C=O) groups is 1. The summed E-state index contributed by atoms with van der Waals surface area (Å²) < 4.78 is 40.2. The van der Waals surface area contributed by atoms with Crippen molar-refractivity contribution in [3.8, 4) is 0 Å². The summed E-state index contributed by atoms with van der Waals surface area (Å²) >= 11 is 0. The fourth-order valence-electron chi connectivity index (χ4n) is 5.08. The molecule has 0 unspecified atom stereocenters. The van der Waals surface area contributed by atoms with Crippen molar-refractivity contribution in [1.29, 1.82) is 0 Å². The van der Waals surface area contributed by atoms with E-state index in [9.17, 15) is 18.0 Å². The molecular formula is C22H24F3N5O. The van der Waals surface area contributed by atoms with Crippen LogP contribution >= 0.6 is 0 Å². The number of anilines is 1. The second kappa shape index (κ2) is 7.03. The van der Waals surface area contributed by atoms with Crippen LogP contribution in [0.15, 0.2) is 36.5 Å². The number of likely N-dealkylation sites (tertiary alicyclic amines) is 1. The lowest BCUT2D eigenvalue weighted by Crippen LogP contribution is -2.34. The van der Waals surface area contributed by atoms with Crippen LogP contribution in [-0.2, 0) is 19.3 Å². The van der Waals surface area contributed by atoms with Gasteiger partial charge in [-0.15, -0.1) is 0 Å². The average molecular weight is 431 g/mol. The molecule has 0 spiro atoms. The van der Waals surface area contributed by atoms with Crippen molar-refractivity contribution in [3.63, 3.8) is 0 Å². The largest absolute Gasteiger partial charge is 0.418 e. The fraction of sp³-hybridized carbons (Fsp3) is 0.455. The molecule has 0 saturated carbocycles. The minimum absolute atomic E-state index is 0.0993. The molecule has 1 amide bonds. The van der Waals surface area contributed by atoms with Crippen LogP contribution in [0, 0.1) is 11.8 Å². The summed E-state index contributed by atoms with van der Waals surface area (Å²) in [7, 11) is 0. The molecule has 5 rings (SSSR count). The number of hydrogen-bond donors (Lipinski definition) is 1. The van der Waals surface area contributed by atoms with Crippen LogP contribution < -0.4 is 4.90 Å². The molecule has 2 atom stereocenters.